The van der Waals surface area contributed by atoms with Crippen LogP contribution in [0, 0.1) is 0 Å². The summed E-state index contributed by atoms with van der Waals surface area (Å²) in [5.41, 5.74) is 0.128. The second-order valence-corrected chi connectivity index (χ2v) is 5.04. The molecule has 0 amide bonds. The van der Waals surface area contributed by atoms with Gasteiger partial charge in [-0.3, -0.25) is 9.59 Å². The highest BCUT2D eigenvalue weighted by Crippen LogP contribution is 2.06. The van der Waals surface area contributed by atoms with Crippen molar-refractivity contribution < 1.29 is 18.0 Å². The van der Waals surface area contributed by atoms with Gasteiger partial charge in [0.25, 0.3) is 0 Å². The Kier molecular flexibility index (Phi) is 3.56. The number of carbonyl (C=O) groups is 2. The Morgan fingerprint density at radius 3 is 2.12 bits per heavy atom. The molecular formula is C10H10NO4S. The van der Waals surface area contributed by atoms with Crippen LogP contribution in [-0.2, 0) is 14.8 Å². The molecule has 0 aliphatic heterocycles. The van der Waals surface area contributed by atoms with E-state index in [4.69, 9.17) is 5.14 Å². The smallest absolute Gasteiger partial charge is 0.235 e. The standard InChI is InChI=1S/C10H10NO4S/c1-7(16(11,14)15)9(12)10(13)8-5-3-2-4-6-8/h2-7,11H,1H3. The lowest BCUT2D eigenvalue weighted by Crippen LogP contribution is -2.33. The fourth-order valence-electron chi connectivity index (χ4n) is 1.06. The Bertz CT molecular complexity index is 507. The first-order chi connectivity index (χ1) is 7.34. The average molecular weight is 240 g/mol. The number of sulfonamides is 1. The molecule has 6 heteroatoms. The van der Waals surface area contributed by atoms with Crippen LogP contribution in [-0.4, -0.2) is 25.2 Å². The maximum absolute atomic E-state index is 11.5. The second kappa shape index (κ2) is 4.54. The van der Waals surface area contributed by atoms with Gasteiger partial charge in [0, 0.05) is 5.56 Å². The van der Waals surface area contributed by atoms with E-state index < -0.39 is 26.8 Å². The molecule has 85 valence electrons. The predicted octanol–water partition coefficient (Wildman–Crippen LogP) is 0.440. The molecule has 0 saturated carbocycles. The van der Waals surface area contributed by atoms with Gasteiger partial charge in [-0.15, -0.1) is 5.14 Å². The fourth-order valence-corrected chi connectivity index (χ4v) is 1.45. The van der Waals surface area contributed by atoms with E-state index in [1.54, 1.807) is 18.2 Å². The van der Waals surface area contributed by atoms with Crippen molar-refractivity contribution >= 4 is 21.6 Å². The normalized spacial score (nSPS) is 13.1. The molecule has 0 heterocycles. The summed E-state index contributed by atoms with van der Waals surface area (Å²) in [5, 5.41) is 5.10. The Hall–Kier alpha value is -1.53. The Morgan fingerprint density at radius 2 is 1.69 bits per heavy atom. The summed E-state index contributed by atoms with van der Waals surface area (Å²) in [4.78, 5) is 23.0. The maximum Gasteiger partial charge on any atom is 0.235 e. The van der Waals surface area contributed by atoms with Crippen molar-refractivity contribution in [3.8, 4) is 0 Å². The molecule has 0 aliphatic carbocycles. The second-order valence-electron chi connectivity index (χ2n) is 3.25. The first-order valence-corrected chi connectivity index (χ1v) is 6.00. The number of benzene rings is 1. The van der Waals surface area contributed by atoms with Crippen LogP contribution >= 0.6 is 0 Å². The van der Waals surface area contributed by atoms with E-state index in [0.29, 0.717) is 0 Å². The first kappa shape index (κ1) is 12.5. The van der Waals surface area contributed by atoms with E-state index in [0.717, 1.165) is 6.92 Å². The molecule has 0 aliphatic rings. The average Bonchev–Trinajstić information content (AvgIpc) is 2.26. The molecule has 0 saturated heterocycles. The van der Waals surface area contributed by atoms with Gasteiger partial charge in [0.05, 0.1) is 0 Å². The van der Waals surface area contributed by atoms with Gasteiger partial charge in [0.2, 0.25) is 21.6 Å². The summed E-state index contributed by atoms with van der Waals surface area (Å²) >= 11 is 0. The molecule has 0 spiro atoms. The topological polar surface area (TPSA) is 92.1 Å². The Balaban J connectivity index is 2.97. The molecule has 0 fully saturated rings. The van der Waals surface area contributed by atoms with Crippen LogP contribution in [0.25, 0.3) is 0 Å². The van der Waals surface area contributed by atoms with Crippen LogP contribution in [0.15, 0.2) is 30.3 Å². The number of rotatable bonds is 4. The molecule has 1 rings (SSSR count). The number of Topliss-reactive ketones (excluding diaryl/α,β-unsaturated/α-hetero) is 2. The molecule has 0 bridgehead atoms. The van der Waals surface area contributed by atoms with E-state index in [1.165, 1.54) is 12.1 Å². The van der Waals surface area contributed by atoms with Gasteiger partial charge < -0.3 is 0 Å². The molecule has 0 aromatic heterocycles. The fraction of sp³-hybridized carbons (Fsp3) is 0.200. The summed E-state index contributed by atoms with van der Waals surface area (Å²) in [6, 6.07) is 7.65. The van der Waals surface area contributed by atoms with Crippen molar-refractivity contribution in [3.05, 3.63) is 35.9 Å². The number of carbonyl (C=O) groups excluding carboxylic acids is 2. The van der Waals surface area contributed by atoms with E-state index >= 15 is 0 Å². The van der Waals surface area contributed by atoms with Crippen LogP contribution in [0.3, 0.4) is 0 Å². The highest BCUT2D eigenvalue weighted by Gasteiger charge is 2.30. The van der Waals surface area contributed by atoms with Gasteiger partial charge in [-0.2, -0.15) is 0 Å². The van der Waals surface area contributed by atoms with Gasteiger partial charge in [-0.1, -0.05) is 30.3 Å². The van der Waals surface area contributed by atoms with E-state index in [-0.39, 0.29) is 5.56 Å². The summed E-state index contributed by atoms with van der Waals surface area (Å²) in [6.45, 7) is 1.03. The zero-order valence-electron chi connectivity index (χ0n) is 8.51. The third-order valence-electron chi connectivity index (χ3n) is 2.09. The SMILES string of the molecule is CC(C(=O)C(=O)c1ccccc1)S([NH])(=O)=O. The van der Waals surface area contributed by atoms with Crippen LogP contribution in [0.4, 0.5) is 0 Å². The minimum Gasteiger partial charge on any atom is -0.289 e. The maximum atomic E-state index is 11.5. The van der Waals surface area contributed by atoms with Gasteiger partial charge in [0.1, 0.15) is 5.25 Å². The molecule has 16 heavy (non-hydrogen) atoms. The molecule has 1 atom stereocenters. The third-order valence-corrected chi connectivity index (χ3v) is 3.24. The highest BCUT2D eigenvalue weighted by atomic mass is 32.2. The van der Waals surface area contributed by atoms with Crippen LogP contribution < -0.4 is 5.14 Å². The zero-order valence-corrected chi connectivity index (χ0v) is 9.32. The van der Waals surface area contributed by atoms with Crippen molar-refractivity contribution in [1.82, 2.24) is 5.14 Å². The van der Waals surface area contributed by atoms with Crippen LogP contribution in [0.5, 0.6) is 0 Å². The zero-order chi connectivity index (χ0) is 12.3. The van der Waals surface area contributed by atoms with Gasteiger partial charge in [-0.25, -0.2) is 8.42 Å². The Labute approximate surface area is 93.3 Å². The number of nitrogens with one attached hydrogen (secondary N) is 1. The minimum atomic E-state index is -4.28. The minimum absolute atomic E-state index is 0.128. The van der Waals surface area contributed by atoms with Crippen molar-refractivity contribution in [2.75, 3.05) is 0 Å². The van der Waals surface area contributed by atoms with Gasteiger partial charge >= 0.3 is 0 Å². The molecule has 1 N–H and O–H groups in total. The van der Waals surface area contributed by atoms with Crippen molar-refractivity contribution in [2.24, 2.45) is 0 Å². The lowest BCUT2D eigenvalue weighted by Gasteiger charge is -2.05. The number of hydrogen-bond acceptors (Lipinski definition) is 4. The van der Waals surface area contributed by atoms with E-state index in [1.807, 2.05) is 0 Å². The Morgan fingerprint density at radius 1 is 1.19 bits per heavy atom. The third kappa shape index (κ3) is 2.74. The number of ketones is 2. The van der Waals surface area contributed by atoms with Gasteiger partial charge in [0.15, 0.2) is 0 Å². The van der Waals surface area contributed by atoms with E-state index in [2.05, 4.69) is 0 Å². The molecule has 5 nitrogen and oxygen atoms in total. The monoisotopic (exact) mass is 240 g/mol. The molecule has 1 unspecified atom stereocenters. The summed E-state index contributed by atoms with van der Waals surface area (Å²) in [5.74, 6) is -1.97. The molecular weight excluding hydrogens is 230 g/mol. The van der Waals surface area contributed by atoms with Crippen LogP contribution in [0.1, 0.15) is 17.3 Å². The summed E-state index contributed by atoms with van der Waals surface area (Å²) in [7, 11) is -4.28. The predicted molar refractivity (Wildman–Crippen MR) is 57.3 cm³/mol. The molecule has 1 aromatic rings. The van der Waals surface area contributed by atoms with Crippen molar-refractivity contribution in [3.63, 3.8) is 0 Å². The summed E-state index contributed by atoms with van der Waals surface area (Å²) in [6.07, 6.45) is 0. The van der Waals surface area contributed by atoms with Crippen molar-refractivity contribution in [1.29, 1.82) is 0 Å². The number of hydrogen-bond donors (Lipinski definition) is 0. The van der Waals surface area contributed by atoms with Gasteiger partial charge in [-0.05, 0) is 6.92 Å². The summed E-state index contributed by atoms with van der Waals surface area (Å²) < 4.78 is 21.6. The highest BCUT2D eigenvalue weighted by molar-refractivity contribution is 7.90. The lowest BCUT2D eigenvalue weighted by atomic mass is 10.1. The largest absolute Gasteiger partial charge is 0.289 e. The lowest BCUT2D eigenvalue weighted by molar-refractivity contribution is -0.114. The van der Waals surface area contributed by atoms with Crippen LogP contribution in [0.2, 0.25) is 0 Å². The first-order valence-electron chi connectivity index (χ1n) is 4.46. The van der Waals surface area contributed by atoms with E-state index in [9.17, 15) is 18.0 Å². The quantitative estimate of drug-likeness (QED) is 0.564. The van der Waals surface area contributed by atoms with Crippen molar-refractivity contribution in [2.45, 2.75) is 12.2 Å². The molecule has 1 radical (unpaired) electrons. The molecule has 1 aromatic carbocycles.